The van der Waals surface area contributed by atoms with E-state index in [0.29, 0.717) is 18.1 Å². The summed E-state index contributed by atoms with van der Waals surface area (Å²) >= 11 is 1.61. The zero-order chi connectivity index (χ0) is 15.4. The number of methoxy groups -OCH3 is 1. The third-order valence-corrected chi connectivity index (χ3v) is 4.29. The second-order valence-corrected chi connectivity index (χ2v) is 5.62. The molecule has 21 heavy (non-hydrogen) atoms. The van der Waals surface area contributed by atoms with Gasteiger partial charge in [0.1, 0.15) is 22.7 Å². The van der Waals surface area contributed by atoms with Crippen molar-refractivity contribution in [1.29, 1.82) is 0 Å². The SMILES string of the molecule is CCN(CC(OC)c1nc(C)cs1)c1ccc(N)c(N)n1. The molecule has 0 aromatic carbocycles. The molecule has 6 nitrogen and oxygen atoms in total. The first-order valence-electron chi connectivity index (χ1n) is 6.77. The lowest BCUT2D eigenvalue weighted by Crippen LogP contribution is -2.30. The number of hydrogen-bond donors (Lipinski definition) is 2. The maximum atomic E-state index is 5.79. The lowest BCUT2D eigenvalue weighted by Gasteiger charge is -2.26. The summed E-state index contributed by atoms with van der Waals surface area (Å²) in [7, 11) is 1.69. The topological polar surface area (TPSA) is 90.3 Å². The Morgan fingerprint density at radius 1 is 1.33 bits per heavy atom. The third kappa shape index (κ3) is 3.62. The van der Waals surface area contributed by atoms with E-state index in [-0.39, 0.29) is 6.10 Å². The first-order valence-corrected chi connectivity index (χ1v) is 7.64. The zero-order valence-electron chi connectivity index (χ0n) is 12.5. The van der Waals surface area contributed by atoms with Gasteiger partial charge in [0, 0.05) is 24.7 Å². The van der Waals surface area contributed by atoms with Crippen molar-refractivity contribution in [1.82, 2.24) is 9.97 Å². The minimum absolute atomic E-state index is 0.0933. The van der Waals surface area contributed by atoms with Crippen LogP contribution < -0.4 is 16.4 Å². The first-order chi connectivity index (χ1) is 10.0. The fourth-order valence-electron chi connectivity index (χ4n) is 2.01. The van der Waals surface area contributed by atoms with Crippen molar-refractivity contribution in [2.24, 2.45) is 0 Å². The monoisotopic (exact) mass is 307 g/mol. The van der Waals surface area contributed by atoms with Gasteiger partial charge in [-0.1, -0.05) is 0 Å². The lowest BCUT2D eigenvalue weighted by molar-refractivity contribution is 0.108. The molecule has 0 amide bonds. The molecule has 2 rings (SSSR count). The average molecular weight is 307 g/mol. The van der Waals surface area contributed by atoms with Gasteiger partial charge in [-0.3, -0.25) is 0 Å². The second-order valence-electron chi connectivity index (χ2n) is 4.73. The maximum absolute atomic E-state index is 5.79. The third-order valence-electron chi connectivity index (χ3n) is 3.23. The van der Waals surface area contributed by atoms with E-state index in [1.807, 2.05) is 18.4 Å². The number of anilines is 3. The first kappa shape index (κ1) is 15.5. The molecule has 0 aliphatic heterocycles. The summed E-state index contributed by atoms with van der Waals surface area (Å²) in [6.07, 6.45) is -0.0933. The molecule has 0 spiro atoms. The number of rotatable bonds is 6. The maximum Gasteiger partial charge on any atom is 0.149 e. The van der Waals surface area contributed by atoms with Gasteiger partial charge in [0.05, 0.1) is 12.2 Å². The minimum atomic E-state index is -0.0933. The van der Waals surface area contributed by atoms with E-state index in [1.54, 1.807) is 24.5 Å². The standard InChI is InChI=1S/C14H21N5OS/c1-4-19(12-6-5-10(15)13(16)18-12)7-11(20-3)14-17-9(2)8-21-14/h5-6,8,11H,4,7,15H2,1-3H3,(H2,16,18). The minimum Gasteiger partial charge on any atom is -0.396 e. The highest BCUT2D eigenvalue weighted by atomic mass is 32.1. The van der Waals surface area contributed by atoms with Crippen LogP contribution >= 0.6 is 11.3 Å². The van der Waals surface area contributed by atoms with Gasteiger partial charge in [-0.15, -0.1) is 11.3 Å². The van der Waals surface area contributed by atoms with Crippen LogP contribution in [0.25, 0.3) is 0 Å². The molecule has 0 saturated heterocycles. The van der Waals surface area contributed by atoms with Crippen LogP contribution in [-0.2, 0) is 4.74 Å². The smallest absolute Gasteiger partial charge is 0.149 e. The van der Waals surface area contributed by atoms with E-state index in [1.165, 1.54) is 0 Å². The van der Waals surface area contributed by atoms with E-state index >= 15 is 0 Å². The van der Waals surface area contributed by atoms with Crippen molar-refractivity contribution >= 4 is 28.7 Å². The number of nitrogen functional groups attached to an aromatic ring is 2. The van der Waals surface area contributed by atoms with Crippen LogP contribution in [0.4, 0.5) is 17.3 Å². The molecule has 2 aromatic heterocycles. The van der Waals surface area contributed by atoms with E-state index in [2.05, 4.69) is 21.8 Å². The summed E-state index contributed by atoms with van der Waals surface area (Å²) < 4.78 is 5.58. The summed E-state index contributed by atoms with van der Waals surface area (Å²) in [6, 6.07) is 3.64. The van der Waals surface area contributed by atoms with Gasteiger partial charge >= 0.3 is 0 Å². The van der Waals surface area contributed by atoms with E-state index in [0.717, 1.165) is 23.1 Å². The highest BCUT2D eigenvalue weighted by Crippen LogP contribution is 2.25. The number of thiazole rings is 1. The molecule has 2 heterocycles. The molecule has 114 valence electrons. The molecule has 0 aliphatic rings. The van der Waals surface area contributed by atoms with Crippen molar-refractivity contribution in [2.75, 3.05) is 36.6 Å². The van der Waals surface area contributed by atoms with Gasteiger partial charge < -0.3 is 21.1 Å². The second kappa shape index (κ2) is 6.73. The van der Waals surface area contributed by atoms with Crippen molar-refractivity contribution in [2.45, 2.75) is 20.0 Å². The predicted molar refractivity (Wildman–Crippen MR) is 87.5 cm³/mol. The number of nitrogens with two attached hydrogens (primary N) is 2. The summed E-state index contributed by atoms with van der Waals surface area (Å²) in [5.41, 5.74) is 13.0. The van der Waals surface area contributed by atoms with Crippen LogP contribution in [0.15, 0.2) is 17.5 Å². The molecule has 1 atom stereocenters. The zero-order valence-corrected chi connectivity index (χ0v) is 13.4. The Morgan fingerprint density at radius 3 is 2.62 bits per heavy atom. The number of aromatic nitrogens is 2. The Labute approximate surface area is 128 Å². The quantitative estimate of drug-likeness (QED) is 0.850. The summed E-state index contributed by atoms with van der Waals surface area (Å²) in [5.74, 6) is 1.14. The molecule has 7 heteroatoms. The van der Waals surface area contributed by atoms with Gasteiger partial charge in [-0.05, 0) is 26.0 Å². The van der Waals surface area contributed by atoms with Gasteiger partial charge in [0.25, 0.3) is 0 Å². The van der Waals surface area contributed by atoms with Gasteiger partial charge in [0.15, 0.2) is 0 Å². The molecule has 0 fully saturated rings. The Balaban J connectivity index is 2.18. The normalized spacial score (nSPS) is 12.3. The molecular formula is C14H21N5OS. The van der Waals surface area contributed by atoms with Crippen molar-refractivity contribution in [3.05, 3.63) is 28.2 Å². The fraction of sp³-hybridized carbons (Fsp3) is 0.429. The summed E-state index contributed by atoms with van der Waals surface area (Å²) in [4.78, 5) is 10.9. The summed E-state index contributed by atoms with van der Waals surface area (Å²) in [6.45, 7) is 5.50. The number of aryl methyl sites for hydroxylation is 1. The van der Waals surface area contributed by atoms with Gasteiger partial charge in [-0.2, -0.15) is 0 Å². The summed E-state index contributed by atoms with van der Waals surface area (Å²) in [5, 5.41) is 2.99. The molecule has 4 N–H and O–H groups in total. The van der Waals surface area contributed by atoms with Gasteiger partial charge in [-0.25, -0.2) is 9.97 Å². The van der Waals surface area contributed by atoms with Crippen LogP contribution in [0.5, 0.6) is 0 Å². The van der Waals surface area contributed by atoms with Crippen LogP contribution in [0.2, 0.25) is 0 Å². The number of likely N-dealkylation sites (N-methyl/N-ethyl adjacent to an activating group) is 1. The fourth-order valence-corrected chi connectivity index (χ4v) is 2.87. The van der Waals surface area contributed by atoms with Crippen LogP contribution in [0, 0.1) is 6.92 Å². The molecule has 0 bridgehead atoms. The van der Waals surface area contributed by atoms with Crippen LogP contribution in [0.3, 0.4) is 0 Å². The highest BCUT2D eigenvalue weighted by Gasteiger charge is 2.19. The van der Waals surface area contributed by atoms with Crippen molar-refractivity contribution in [3.8, 4) is 0 Å². The average Bonchev–Trinajstić information content (AvgIpc) is 2.90. The molecule has 1 unspecified atom stereocenters. The van der Waals surface area contributed by atoms with E-state index in [4.69, 9.17) is 16.2 Å². The van der Waals surface area contributed by atoms with Crippen molar-refractivity contribution in [3.63, 3.8) is 0 Å². The number of hydrogen-bond acceptors (Lipinski definition) is 7. The largest absolute Gasteiger partial charge is 0.396 e. The van der Waals surface area contributed by atoms with Crippen molar-refractivity contribution < 1.29 is 4.74 Å². The Bertz CT molecular complexity index is 601. The van der Waals surface area contributed by atoms with Gasteiger partial charge in [0.2, 0.25) is 0 Å². The molecule has 0 aliphatic carbocycles. The molecule has 2 aromatic rings. The number of ether oxygens (including phenoxy) is 1. The highest BCUT2D eigenvalue weighted by molar-refractivity contribution is 7.09. The lowest BCUT2D eigenvalue weighted by atomic mass is 10.3. The molecular weight excluding hydrogens is 286 g/mol. The van der Waals surface area contributed by atoms with Crippen LogP contribution in [-0.4, -0.2) is 30.2 Å². The van der Waals surface area contributed by atoms with E-state index in [9.17, 15) is 0 Å². The Kier molecular flexibility index (Phi) is 4.98. The predicted octanol–water partition coefficient (Wildman–Crippen LogP) is 2.22. The Hall–Kier alpha value is -1.86. The molecule has 0 radical (unpaired) electrons. The van der Waals surface area contributed by atoms with E-state index < -0.39 is 0 Å². The Morgan fingerprint density at radius 2 is 2.10 bits per heavy atom. The number of nitrogens with zero attached hydrogens (tertiary/aromatic N) is 3. The molecule has 0 saturated carbocycles. The van der Waals surface area contributed by atoms with Crippen LogP contribution in [0.1, 0.15) is 23.7 Å². The number of pyridine rings is 1.